The van der Waals surface area contributed by atoms with Gasteiger partial charge in [0.2, 0.25) is 0 Å². The molecule has 2 fully saturated rings. The highest BCUT2D eigenvalue weighted by molar-refractivity contribution is 6.42. The van der Waals surface area contributed by atoms with Crippen LogP contribution in [0.5, 0.6) is 0 Å². The van der Waals surface area contributed by atoms with Gasteiger partial charge >= 0.3 is 12.1 Å². The molecule has 30 heavy (non-hydrogen) atoms. The third-order valence-corrected chi connectivity index (χ3v) is 6.86. The molecular formula is C21H30Cl2N4O3. The number of rotatable bonds is 7. The standard InChI is InChI=1S/C21H30Cl2N4O3/c1-25(21(29)30)10-2-4-19(15-5-6-17(22)18(23)14-15)26-12-7-16(8-13-26)27-11-3-9-24-20(27)28/h5-6,14,16,19H,2-4,7-13H2,1H3,(H,24,28)(H,29,30). The number of benzene rings is 1. The molecule has 0 aromatic heterocycles. The minimum Gasteiger partial charge on any atom is -0.465 e. The molecule has 1 aromatic carbocycles. The summed E-state index contributed by atoms with van der Waals surface area (Å²) in [6.07, 6.45) is 3.52. The fourth-order valence-electron chi connectivity index (χ4n) is 4.40. The van der Waals surface area contributed by atoms with Crippen LogP contribution in [-0.4, -0.2) is 77.7 Å². The van der Waals surface area contributed by atoms with Crippen molar-refractivity contribution in [1.29, 1.82) is 0 Å². The number of piperidine rings is 1. The van der Waals surface area contributed by atoms with Gasteiger partial charge in [0.25, 0.3) is 0 Å². The Morgan fingerprint density at radius 2 is 2.00 bits per heavy atom. The van der Waals surface area contributed by atoms with E-state index in [0.29, 0.717) is 16.6 Å². The first-order valence-electron chi connectivity index (χ1n) is 10.5. The van der Waals surface area contributed by atoms with Gasteiger partial charge in [-0.15, -0.1) is 0 Å². The van der Waals surface area contributed by atoms with Crippen molar-refractivity contribution in [3.05, 3.63) is 33.8 Å². The van der Waals surface area contributed by atoms with Gasteiger partial charge < -0.3 is 20.2 Å². The number of carboxylic acid groups (broad SMARTS) is 1. The molecule has 1 unspecified atom stereocenters. The molecule has 3 rings (SSSR count). The number of halogens is 2. The maximum atomic E-state index is 12.2. The van der Waals surface area contributed by atoms with Crippen LogP contribution in [-0.2, 0) is 0 Å². The van der Waals surface area contributed by atoms with E-state index in [0.717, 1.165) is 63.8 Å². The molecule has 2 aliphatic heterocycles. The van der Waals surface area contributed by atoms with Crippen molar-refractivity contribution in [2.45, 2.75) is 44.2 Å². The topological polar surface area (TPSA) is 76.1 Å². The van der Waals surface area contributed by atoms with Gasteiger partial charge in [0.15, 0.2) is 0 Å². The van der Waals surface area contributed by atoms with Crippen LogP contribution in [0.25, 0.3) is 0 Å². The van der Waals surface area contributed by atoms with E-state index in [1.54, 1.807) is 7.05 Å². The maximum Gasteiger partial charge on any atom is 0.407 e. The number of hydrogen-bond donors (Lipinski definition) is 2. The van der Waals surface area contributed by atoms with Gasteiger partial charge in [-0.2, -0.15) is 0 Å². The minimum absolute atomic E-state index is 0.0532. The second-order valence-electron chi connectivity index (χ2n) is 8.08. The average Bonchev–Trinajstić information content (AvgIpc) is 2.74. The second kappa shape index (κ2) is 10.6. The molecule has 9 heteroatoms. The first-order valence-corrected chi connectivity index (χ1v) is 11.3. The molecule has 3 amide bonds. The van der Waals surface area contributed by atoms with Crippen LogP contribution in [0.2, 0.25) is 10.0 Å². The Balaban J connectivity index is 1.66. The van der Waals surface area contributed by atoms with Gasteiger partial charge in [-0.1, -0.05) is 29.3 Å². The van der Waals surface area contributed by atoms with Gasteiger partial charge in [0, 0.05) is 51.9 Å². The molecule has 0 radical (unpaired) electrons. The lowest BCUT2D eigenvalue weighted by atomic mass is 9.95. The number of amides is 3. The van der Waals surface area contributed by atoms with Gasteiger partial charge in [-0.3, -0.25) is 4.90 Å². The van der Waals surface area contributed by atoms with E-state index in [4.69, 9.17) is 28.3 Å². The Labute approximate surface area is 187 Å². The van der Waals surface area contributed by atoms with Crippen LogP contribution < -0.4 is 5.32 Å². The lowest BCUT2D eigenvalue weighted by molar-refractivity contribution is 0.0849. The highest BCUT2D eigenvalue weighted by Crippen LogP contribution is 2.33. The van der Waals surface area contributed by atoms with Crippen LogP contribution in [0.3, 0.4) is 0 Å². The zero-order valence-electron chi connectivity index (χ0n) is 17.3. The van der Waals surface area contributed by atoms with Crippen LogP contribution in [0, 0.1) is 0 Å². The number of urea groups is 1. The summed E-state index contributed by atoms with van der Waals surface area (Å²) in [5.41, 5.74) is 1.09. The number of likely N-dealkylation sites (tertiary alicyclic amines) is 1. The predicted molar refractivity (Wildman–Crippen MR) is 118 cm³/mol. The molecule has 0 spiro atoms. The second-order valence-corrected chi connectivity index (χ2v) is 8.90. The van der Waals surface area contributed by atoms with Crippen LogP contribution in [0.1, 0.15) is 43.7 Å². The zero-order valence-corrected chi connectivity index (χ0v) is 18.8. The van der Waals surface area contributed by atoms with Gasteiger partial charge in [0.1, 0.15) is 0 Å². The van der Waals surface area contributed by atoms with Crippen molar-refractivity contribution in [2.24, 2.45) is 0 Å². The van der Waals surface area contributed by atoms with Crippen LogP contribution in [0.4, 0.5) is 9.59 Å². The summed E-state index contributed by atoms with van der Waals surface area (Å²) >= 11 is 12.4. The van der Waals surface area contributed by atoms with Crippen molar-refractivity contribution < 1.29 is 14.7 Å². The quantitative estimate of drug-likeness (QED) is 0.640. The van der Waals surface area contributed by atoms with Crippen molar-refractivity contribution in [2.75, 3.05) is 39.8 Å². The maximum absolute atomic E-state index is 12.2. The fraction of sp³-hybridized carbons (Fsp3) is 0.619. The van der Waals surface area contributed by atoms with Crippen molar-refractivity contribution in [1.82, 2.24) is 20.0 Å². The fourth-order valence-corrected chi connectivity index (χ4v) is 4.71. The molecule has 0 aliphatic carbocycles. The van der Waals surface area contributed by atoms with E-state index in [1.807, 2.05) is 23.1 Å². The largest absolute Gasteiger partial charge is 0.465 e. The summed E-state index contributed by atoms with van der Waals surface area (Å²) in [6, 6.07) is 6.20. The number of carbonyl (C=O) groups is 2. The molecule has 2 saturated heterocycles. The average molecular weight is 457 g/mol. The summed E-state index contributed by atoms with van der Waals surface area (Å²) in [5.74, 6) is 0. The summed E-state index contributed by atoms with van der Waals surface area (Å²) in [7, 11) is 1.59. The molecule has 0 bridgehead atoms. The van der Waals surface area contributed by atoms with E-state index in [2.05, 4.69) is 10.2 Å². The lowest BCUT2D eigenvalue weighted by Gasteiger charge is -2.43. The Hall–Kier alpha value is -1.70. The van der Waals surface area contributed by atoms with E-state index in [9.17, 15) is 9.59 Å². The van der Waals surface area contributed by atoms with E-state index in [-0.39, 0.29) is 18.1 Å². The Morgan fingerprint density at radius 1 is 1.27 bits per heavy atom. The van der Waals surface area contributed by atoms with Crippen molar-refractivity contribution in [3.63, 3.8) is 0 Å². The van der Waals surface area contributed by atoms with E-state index in [1.165, 1.54) is 4.90 Å². The van der Waals surface area contributed by atoms with E-state index < -0.39 is 6.09 Å². The summed E-state index contributed by atoms with van der Waals surface area (Å²) < 4.78 is 0. The first-order chi connectivity index (χ1) is 14.4. The number of nitrogens with one attached hydrogen (secondary N) is 1. The molecule has 2 N–H and O–H groups in total. The first kappa shape index (κ1) is 23.0. The molecule has 2 aliphatic rings. The normalized spacial score (nSPS) is 19.4. The molecule has 0 saturated carbocycles. The molecule has 7 nitrogen and oxygen atoms in total. The molecule has 1 aromatic rings. The SMILES string of the molecule is CN(CCCC(c1ccc(Cl)c(Cl)c1)N1CCC(N2CCCNC2=O)CC1)C(=O)O. The Morgan fingerprint density at radius 3 is 2.63 bits per heavy atom. The molecular weight excluding hydrogens is 427 g/mol. The highest BCUT2D eigenvalue weighted by Gasteiger charge is 2.32. The summed E-state index contributed by atoms with van der Waals surface area (Å²) in [4.78, 5) is 29.0. The Kier molecular flexibility index (Phi) is 8.08. The number of carbonyl (C=O) groups excluding carboxylic acids is 1. The summed E-state index contributed by atoms with van der Waals surface area (Å²) in [6.45, 7) is 3.84. The van der Waals surface area contributed by atoms with E-state index >= 15 is 0 Å². The van der Waals surface area contributed by atoms with Gasteiger partial charge in [0.05, 0.1) is 10.0 Å². The molecule has 1 atom stereocenters. The third-order valence-electron chi connectivity index (χ3n) is 6.12. The predicted octanol–water partition coefficient (Wildman–Crippen LogP) is 4.30. The molecule has 2 heterocycles. The lowest BCUT2D eigenvalue weighted by Crippen LogP contribution is -2.54. The van der Waals surface area contributed by atoms with Gasteiger partial charge in [-0.05, 0) is 49.8 Å². The summed E-state index contributed by atoms with van der Waals surface area (Å²) in [5, 5.41) is 13.1. The minimum atomic E-state index is -0.915. The number of hydrogen-bond acceptors (Lipinski definition) is 3. The Bertz CT molecular complexity index is 756. The van der Waals surface area contributed by atoms with Crippen molar-refractivity contribution >= 4 is 35.3 Å². The van der Waals surface area contributed by atoms with Crippen LogP contribution >= 0.6 is 23.2 Å². The van der Waals surface area contributed by atoms with Crippen molar-refractivity contribution in [3.8, 4) is 0 Å². The third kappa shape index (κ3) is 5.71. The zero-order chi connectivity index (χ0) is 21.7. The van der Waals surface area contributed by atoms with Gasteiger partial charge in [-0.25, -0.2) is 9.59 Å². The highest BCUT2D eigenvalue weighted by atomic mass is 35.5. The number of nitrogens with zero attached hydrogens (tertiary/aromatic N) is 3. The smallest absolute Gasteiger partial charge is 0.407 e. The monoisotopic (exact) mass is 456 g/mol. The molecule has 166 valence electrons. The van der Waals surface area contributed by atoms with Crippen LogP contribution in [0.15, 0.2) is 18.2 Å².